The van der Waals surface area contributed by atoms with E-state index in [9.17, 15) is 8.42 Å². The number of aromatic nitrogens is 2. The van der Waals surface area contributed by atoms with Gasteiger partial charge in [-0.2, -0.15) is 4.31 Å². The fraction of sp³-hybridized carbons (Fsp3) is 0.310. The number of hydrogen-bond donors (Lipinski definition) is 0. The van der Waals surface area contributed by atoms with Gasteiger partial charge in [0.2, 0.25) is 10.0 Å². The van der Waals surface area contributed by atoms with E-state index >= 15 is 0 Å². The Morgan fingerprint density at radius 2 is 1.58 bits per heavy atom. The Morgan fingerprint density at radius 1 is 0.833 bits per heavy atom. The van der Waals surface area contributed by atoms with Crippen molar-refractivity contribution in [2.24, 2.45) is 0 Å². The summed E-state index contributed by atoms with van der Waals surface area (Å²) in [6.45, 7) is 6.31. The van der Waals surface area contributed by atoms with Gasteiger partial charge in [-0.05, 0) is 36.8 Å². The number of hydrogen-bond acceptors (Lipinski definition) is 5. The average Bonchev–Trinajstić information content (AvgIpc) is 3.16. The molecular weight excluding hydrogens is 468 g/mol. The van der Waals surface area contributed by atoms with Crippen LogP contribution in [0.2, 0.25) is 0 Å². The van der Waals surface area contributed by atoms with E-state index in [0.29, 0.717) is 24.5 Å². The maximum absolute atomic E-state index is 13.7. The first-order valence-corrected chi connectivity index (χ1v) is 14.0. The van der Waals surface area contributed by atoms with E-state index in [-0.39, 0.29) is 0 Å². The van der Waals surface area contributed by atoms with Gasteiger partial charge < -0.3 is 4.90 Å². The Labute approximate surface area is 213 Å². The fourth-order valence-electron chi connectivity index (χ4n) is 5.08. The number of aryl methyl sites for hydroxylation is 2. The third-order valence-electron chi connectivity index (χ3n) is 6.86. The van der Waals surface area contributed by atoms with Crippen LogP contribution in [0.3, 0.4) is 0 Å². The van der Waals surface area contributed by atoms with Crippen LogP contribution < -0.4 is 4.90 Å². The molecule has 1 aliphatic heterocycles. The van der Waals surface area contributed by atoms with Crippen molar-refractivity contribution in [3.8, 4) is 0 Å². The Hall–Kier alpha value is -3.29. The normalized spacial score (nSPS) is 15.2. The fourth-order valence-corrected chi connectivity index (χ4v) is 6.76. The molecule has 0 radical (unpaired) electrons. The topological polar surface area (TPSA) is 66.4 Å². The molecule has 1 saturated heterocycles. The van der Waals surface area contributed by atoms with Crippen molar-refractivity contribution < 1.29 is 8.42 Å². The van der Waals surface area contributed by atoms with Crippen molar-refractivity contribution >= 4 is 26.6 Å². The van der Waals surface area contributed by atoms with Gasteiger partial charge in [0.1, 0.15) is 11.6 Å². The van der Waals surface area contributed by atoms with Gasteiger partial charge in [0, 0.05) is 49.2 Å². The molecule has 1 aromatic heterocycles. The molecule has 3 aromatic carbocycles. The third-order valence-corrected chi connectivity index (χ3v) is 8.82. The predicted octanol–water partition coefficient (Wildman–Crippen LogP) is 4.99. The lowest BCUT2D eigenvalue weighted by Gasteiger charge is -2.26. The summed E-state index contributed by atoms with van der Waals surface area (Å²) < 4.78 is 29.1. The second-order valence-corrected chi connectivity index (χ2v) is 11.2. The molecule has 0 aliphatic carbocycles. The lowest BCUT2D eigenvalue weighted by molar-refractivity contribution is 0.433. The Kier molecular flexibility index (Phi) is 7.03. The highest BCUT2D eigenvalue weighted by molar-refractivity contribution is 7.89. The first-order valence-electron chi connectivity index (χ1n) is 12.6. The molecule has 36 heavy (non-hydrogen) atoms. The second kappa shape index (κ2) is 10.4. The van der Waals surface area contributed by atoms with Crippen molar-refractivity contribution in [1.29, 1.82) is 0 Å². The van der Waals surface area contributed by atoms with Crippen LogP contribution in [0.15, 0.2) is 77.7 Å². The van der Waals surface area contributed by atoms with Crippen LogP contribution >= 0.6 is 0 Å². The molecule has 0 N–H and O–H groups in total. The molecular formula is C29H32N4O2S. The maximum Gasteiger partial charge on any atom is 0.243 e. The number of anilines is 1. The average molecular weight is 501 g/mol. The standard InChI is InChI=1S/C29H32N4O2S/c1-3-27-26(21-23-11-5-4-6-12-23)29(31-22(2)30-27)32-17-10-18-33(20-19-32)36(34,35)28-16-9-14-24-13-7-8-15-25(24)28/h4-9,11-16H,3,10,17-21H2,1-2H3. The van der Waals surface area contributed by atoms with Crippen LogP contribution in [-0.4, -0.2) is 48.9 Å². The summed E-state index contributed by atoms with van der Waals surface area (Å²) in [5.41, 5.74) is 3.42. The monoisotopic (exact) mass is 500 g/mol. The van der Waals surface area contributed by atoms with Crippen molar-refractivity contribution in [2.75, 3.05) is 31.1 Å². The maximum atomic E-state index is 13.7. The van der Waals surface area contributed by atoms with Crippen LogP contribution in [0.25, 0.3) is 10.8 Å². The first kappa shape index (κ1) is 24.4. The van der Waals surface area contributed by atoms with Crippen LogP contribution in [0.4, 0.5) is 5.82 Å². The largest absolute Gasteiger partial charge is 0.355 e. The van der Waals surface area contributed by atoms with Gasteiger partial charge >= 0.3 is 0 Å². The summed E-state index contributed by atoms with van der Waals surface area (Å²) in [5, 5.41) is 1.70. The third kappa shape index (κ3) is 4.86. The molecule has 7 heteroatoms. The zero-order chi connectivity index (χ0) is 25.1. The van der Waals surface area contributed by atoms with Gasteiger partial charge in [-0.25, -0.2) is 18.4 Å². The highest BCUT2D eigenvalue weighted by atomic mass is 32.2. The smallest absolute Gasteiger partial charge is 0.243 e. The minimum absolute atomic E-state index is 0.380. The van der Waals surface area contributed by atoms with Crippen LogP contribution in [0, 0.1) is 6.92 Å². The summed E-state index contributed by atoms with van der Waals surface area (Å²) >= 11 is 0. The molecule has 0 atom stereocenters. The minimum Gasteiger partial charge on any atom is -0.355 e. The number of fused-ring (bicyclic) bond motifs is 1. The summed E-state index contributed by atoms with van der Waals surface area (Å²) in [5.74, 6) is 1.69. The minimum atomic E-state index is -3.62. The first-order chi connectivity index (χ1) is 17.5. The summed E-state index contributed by atoms with van der Waals surface area (Å²) in [4.78, 5) is 12.3. The van der Waals surface area contributed by atoms with E-state index in [1.165, 1.54) is 5.56 Å². The van der Waals surface area contributed by atoms with E-state index in [2.05, 4.69) is 36.1 Å². The van der Waals surface area contributed by atoms with Crippen molar-refractivity contribution in [1.82, 2.24) is 14.3 Å². The second-order valence-electron chi connectivity index (χ2n) is 9.26. The molecule has 1 fully saturated rings. The van der Waals surface area contributed by atoms with Gasteiger partial charge in [0.15, 0.2) is 0 Å². The molecule has 6 nitrogen and oxygen atoms in total. The molecule has 0 saturated carbocycles. The molecule has 0 amide bonds. The zero-order valence-electron chi connectivity index (χ0n) is 20.9. The molecule has 0 bridgehead atoms. The quantitative estimate of drug-likeness (QED) is 0.373. The van der Waals surface area contributed by atoms with E-state index in [1.54, 1.807) is 10.4 Å². The Balaban J connectivity index is 1.45. The predicted molar refractivity (Wildman–Crippen MR) is 145 cm³/mol. The van der Waals surface area contributed by atoms with Crippen LogP contribution in [-0.2, 0) is 22.9 Å². The summed E-state index contributed by atoms with van der Waals surface area (Å²) in [6.07, 6.45) is 2.32. The molecule has 4 aromatic rings. The molecule has 0 unspecified atom stereocenters. The van der Waals surface area contributed by atoms with Crippen LogP contribution in [0.5, 0.6) is 0 Å². The zero-order valence-corrected chi connectivity index (χ0v) is 21.7. The van der Waals surface area contributed by atoms with Crippen molar-refractivity contribution in [3.05, 3.63) is 95.4 Å². The number of sulfonamides is 1. The number of benzene rings is 3. The lowest BCUT2D eigenvalue weighted by atomic mass is 10.0. The van der Waals surface area contributed by atoms with Gasteiger partial charge in [-0.15, -0.1) is 0 Å². The van der Waals surface area contributed by atoms with Crippen molar-refractivity contribution in [3.63, 3.8) is 0 Å². The van der Waals surface area contributed by atoms with E-state index in [0.717, 1.165) is 59.5 Å². The molecule has 0 spiro atoms. The van der Waals surface area contributed by atoms with E-state index in [1.807, 2.05) is 49.4 Å². The molecule has 2 heterocycles. The summed E-state index contributed by atoms with van der Waals surface area (Å²) in [6, 6.07) is 23.6. The van der Waals surface area contributed by atoms with Gasteiger partial charge in [0.05, 0.1) is 4.90 Å². The molecule has 186 valence electrons. The molecule has 5 rings (SSSR count). The molecule has 1 aliphatic rings. The highest BCUT2D eigenvalue weighted by Gasteiger charge is 2.29. The lowest BCUT2D eigenvalue weighted by Crippen LogP contribution is -2.36. The van der Waals surface area contributed by atoms with Gasteiger partial charge in [-0.1, -0.05) is 73.7 Å². The summed E-state index contributed by atoms with van der Waals surface area (Å²) in [7, 11) is -3.62. The van der Waals surface area contributed by atoms with Gasteiger partial charge in [0.25, 0.3) is 0 Å². The van der Waals surface area contributed by atoms with Gasteiger partial charge in [-0.3, -0.25) is 0 Å². The number of rotatable bonds is 6. The van der Waals surface area contributed by atoms with Crippen LogP contribution in [0.1, 0.15) is 36.0 Å². The highest BCUT2D eigenvalue weighted by Crippen LogP contribution is 2.29. The van der Waals surface area contributed by atoms with E-state index < -0.39 is 10.0 Å². The Bertz CT molecular complexity index is 1470. The van der Waals surface area contributed by atoms with E-state index in [4.69, 9.17) is 9.97 Å². The SMILES string of the molecule is CCc1nc(C)nc(N2CCCN(S(=O)(=O)c3cccc4ccccc34)CC2)c1Cc1ccccc1. The Morgan fingerprint density at radius 3 is 2.39 bits per heavy atom. The van der Waals surface area contributed by atoms with Crippen molar-refractivity contribution in [2.45, 2.75) is 38.0 Å². The number of nitrogens with zero attached hydrogens (tertiary/aromatic N) is 4.